The summed E-state index contributed by atoms with van der Waals surface area (Å²) in [7, 11) is 0. The minimum atomic E-state index is -0.507. The number of ether oxygens (including phenoxy) is 2. The van der Waals surface area contributed by atoms with Crippen molar-refractivity contribution in [1.82, 2.24) is 4.90 Å². The van der Waals surface area contributed by atoms with Crippen molar-refractivity contribution in [3.05, 3.63) is 47.2 Å². The van der Waals surface area contributed by atoms with Gasteiger partial charge in [-0.25, -0.2) is 0 Å². The molecule has 1 fully saturated rings. The van der Waals surface area contributed by atoms with Gasteiger partial charge < -0.3 is 19.5 Å². The first-order valence-electron chi connectivity index (χ1n) is 9.14. The van der Waals surface area contributed by atoms with E-state index in [1.807, 2.05) is 37.3 Å². The molecule has 0 aromatic heterocycles. The number of amides is 1. The highest BCUT2D eigenvalue weighted by molar-refractivity contribution is 5.93. The maximum atomic E-state index is 12.5. The maximum absolute atomic E-state index is 12.5. The second-order valence-corrected chi connectivity index (χ2v) is 6.59. The molecular weight excluding hydrogens is 330 g/mol. The van der Waals surface area contributed by atoms with Crippen LogP contribution in [0.25, 0.3) is 0 Å². The first-order chi connectivity index (χ1) is 12.7. The van der Waals surface area contributed by atoms with Crippen LogP contribution in [0, 0.1) is 18.3 Å². The zero-order chi connectivity index (χ0) is 18.5. The molecule has 0 saturated carbocycles. The first-order valence-corrected chi connectivity index (χ1v) is 9.14. The molecule has 0 bridgehead atoms. The van der Waals surface area contributed by atoms with E-state index in [4.69, 9.17) is 15.9 Å². The number of hydrogen-bond acceptors (Lipinski definition) is 4. The van der Waals surface area contributed by atoms with Crippen LogP contribution in [0.4, 0.5) is 0 Å². The molecule has 0 unspecified atom stereocenters. The Balaban J connectivity index is 1.94. The van der Waals surface area contributed by atoms with Gasteiger partial charge in [0, 0.05) is 43.7 Å². The molecule has 1 amide bonds. The van der Waals surface area contributed by atoms with Crippen molar-refractivity contribution >= 4 is 5.91 Å². The molecule has 138 valence electrons. The number of aliphatic hydroxyl groups excluding tert-OH is 1. The molecule has 1 N–H and O–H groups in total. The summed E-state index contributed by atoms with van der Waals surface area (Å²) in [6.07, 6.45) is 8.25. The van der Waals surface area contributed by atoms with Gasteiger partial charge in [0.05, 0.1) is 0 Å². The van der Waals surface area contributed by atoms with Crippen molar-refractivity contribution in [2.24, 2.45) is 5.92 Å². The van der Waals surface area contributed by atoms with Crippen LogP contribution in [-0.4, -0.2) is 48.5 Å². The number of carbonyl (C=O) groups is 1. The molecule has 2 heterocycles. The number of carbonyl (C=O) groups excluding carboxylic acids is 1. The summed E-state index contributed by atoms with van der Waals surface area (Å²) in [6, 6.07) is 7.80. The lowest BCUT2D eigenvalue weighted by atomic mass is 9.80. The molecule has 1 saturated heterocycles. The summed E-state index contributed by atoms with van der Waals surface area (Å²) >= 11 is 0. The number of allylic oxidation sites excluding steroid dienone is 1. The van der Waals surface area contributed by atoms with Gasteiger partial charge in [-0.05, 0) is 43.5 Å². The molecule has 0 radical (unpaired) electrons. The average Bonchev–Trinajstić information content (AvgIpc) is 3.51. The minimum absolute atomic E-state index is 0.0181. The van der Waals surface area contributed by atoms with Gasteiger partial charge in [-0.1, -0.05) is 18.1 Å². The van der Waals surface area contributed by atoms with E-state index in [-0.39, 0.29) is 24.3 Å². The quantitative estimate of drug-likeness (QED) is 0.602. The summed E-state index contributed by atoms with van der Waals surface area (Å²) in [5.41, 5.74) is 1.88. The standard InChI is InChI=1S/C21H25NO4/c1-3-15-7-9-16(10-8-15)18-14-19(20(24)22-11-12-22)26-21(25-4-2)17(18)6-5-13-23/h1,7-10,14,17-18,21,23H,4-6,11-13H2,2H3/t17-,18+,21+/m1/s1. The van der Waals surface area contributed by atoms with Crippen molar-refractivity contribution in [3.8, 4) is 12.3 Å². The van der Waals surface area contributed by atoms with Crippen LogP contribution < -0.4 is 0 Å². The van der Waals surface area contributed by atoms with Crippen LogP contribution in [-0.2, 0) is 14.3 Å². The van der Waals surface area contributed by atoms with E-state index in [1.54, 1.807) is 4.90 Å². The highest BCUT2D eigenvalue weighted by atomic mass is 16.7. The Bertz CT molecular complexity index is 700. The van der Waals surface area contributed by atoms with Gasteiger partial charge in [-0.3, -0.25) is 4.79 Å². The number of rotatable bonds is 7. The zero-order valence-corrected chi connectivity index (χ0v) is 15.1. The Morgan fingerprint density at radius 3 is 2.69 bits per heavy atom. The predicted octanol–water partition coefficient (Wildman–Crippen LogP) is 2.26. The fraction of sp³-hybridized carbons (Fsp3) is 0.476. The van der Waals surface area contributed by atoms with Crippen molar-refractivity contribution in [1.29, 1.82) is 0 Å². The van der Waals surface area contributed by atoms with Gasteiger partial charge in [0.15, 0.2) is 5.76 Å². The highest BCUT2D eigenvalue weighted by Gasteiger charge is 2.40. The van der Waals surface area contributed by atoms with E-state index < -0.39 is 6.29 Å². The van der Waals surface area contributed by atoms with E-state index in [0.29, 0.717) is 18.8 Å². The van der Waals surface area contributed by atoms with Crippen LogP contribution in [0.1, 0.15) is 36.8 Å². The molecule has 5 nitrogen and oxygen atoms in total. The summed E-state index contributed by atoms with van der Waals surface area (Å²) in [6.45, 7) is 4.06. The van der Waals surface area contributed by atoms with Gasteiger partial charge in [-0.2, -0.15) is 0 Å². The predicted molar refractivity (Wildman–Crippen MR) is 98.1 cm³/mol. The lowest BCUT2D eigenvalue weighted by Gasteiger charge is -2.37. The third-order valence-electron chi connectivity index (χ3n) is 4.82. The SMILES string of the molecule is C#Cc1ccc([C@@H]2C=C(C(=O)N3CC3)O[C@H](OCC)[C@@H]2CCCO)cc1. The van der Waals surface area contributed by atoms with Gasteiger partial charge in [0.1, 0.15) is 0 Å². The fourth-order valence-electron chi connectivity index (χ4n) is 3.35. The summed E-state index contributed by atoms with van der Waals surface area (Å²) in [5, 5.41) is 9.28. The fourth-order valence-corrected chi connectivity index (χ4v) is 3.35. The molecule has 0 aliphatic carbocycles. The highest BCUT2D eigenvalue weighted by Crippen LogP contribution is 2.40. The van der Waals surface area contributed by atoms with E-state index in [9.17, 15) is 9.90 Å². The summed E-state index contributed by atoms with van der Waals surface area (Å²) in [4.78, 5) is 14.3. The number of benzene rings is 1. The van der Waals surface area contributed by atoms with Crippen molar-refractivity contribution < 1.29 is 19.4 Å². The second kappa shape index (κ2) is 8.39. The van der Waals surface area contributed by atoms with Crippen LogP contribution in [0.3, 0.4) is 0 Å². The Morgan fingerprint density at radius 1 is 1.38 bits per heavy atom. The molecule has 1 aromatic carbocycles. The third-order valence-corrected chi connectivity index (χ3v) is 4.82. The molecule has 0 spiro atoms. The number of terminal acetylenes is 1. The number of aliphatic hydroxyl groups is 1. The molecule has 1 aromatic rings. The first kappa shape index (κ1) is 18.5. The lowest BCUT2D eigenvalue weighted by molar-refractivity contribution is -0.168. The topological polar surface area (TPSA) is 58.8 Å². The molecule has 3 rings (SSSR count). The summed E-state index contributed by atoms with van der Waals surface area (Å²) < 4.78 is 11.8. The smallest absolute Gasteiger partial charge is 0.288 e. The Labute approximate surface area is 154 Å². The summed E-state index contributed by atoms with van der Waals surface area (Å²) in [5.74, 6) is 2.88. The van der Waals surface area contributed by atoms with E-state index in [0.717, 1.165) is 30.6 Å². The number of hydrogen-bond donors (Lipinski definition) is 1. The van der Waals surface area contributed by atoms with Gasteiger partial charge in [0.2, 0.25) is 6.29 Å². The van der Waals surface area contributed by atoms with Gasteiger partial charge in [0.25, 0.3) is 5.91 Å². The molecule has 2 aliphatic heterocycles. The largest absolute Gasteiger partial charge is 0.459 e. The Hall–Kier alpha value is -2.29. The monoisotopic (exact) mass is 355 g/mol. The molecular formula is C21H25NO4. The lowest BCUT2D eigenvalue weighted by Crippen LogP contribution is -2.37. The molecule has 2 aliphatic rings. The molecule has 26 heavy (non-hydrogen) atoms. The Morgan fingerprint density at radius 2 is 2.12 bits per heavy atom. The van der Waals surface area contributed by atoms with Crippen LogP contribution >= 0.6 is 0 Å². The normalized spacial score (nSPS) is 24.4. The van der Waals surface area contributed by atoms with E-state index in [1.165, 1.54) is 0 Å². The van der Waals surface area contributed by atoms with E-state index in [2.05, 4.69) is 5.92 Å². The van der Waals surface area contributed by atoms with Gasteiger partial charge in [-0.15, -0.1) is 6.42 Å². The maximum Gasteiger partial charge on any atom is 0.288 e. The van der Waals surface area contributed by atoms with Crippen LogP contribution in [0.15, 0.2) is 36.1 Å². The van der Waals surface area contributed by atoms with E-state index >= 15 is 0 Å². The second-order valence-electron chi connectivity index (χ2n) is 6.59. The molecule has 3 atom stereocenters. The average molecular weight is 355 g/mol. The minimum Gasteiger partial charge on any atom is -0.459 e. The Kier molecular flexibility index (Phi) is 5.97. The molecule has 5 heteroatoms. The van der Waals surface area contributed by atoms with Gasteiger partial charge >= 0.3 is 0 Å². The van der Waals surface area contributed by atoms with Crippen molar-refractivity contribution in [2.75, 3.05) is 26.3 Å². The number of nitrogens with zero attached hydrogens (tertiary/aromatic N) is 1. The van der Waals surface area contributed by atoms with Crippen LogP contribution in [0.5, 0.6) is 0 Å². The van der Waals surface area contributed by atoms with Crippen molar-refractivity contribution in [2.45, 2.75) is 32.0 Å². The zero-order valence-electron chi connectivity index (χ0n) is 15.1. The van der Waals surface area contributed by atoms with Crippen LogP contribution in [0.2, 0.25) is 0 Å². The third kappa shape index (κ3) is 4.09. The van der Waals surface area contributed by atoms with Crippen molar-refractivity contribution in [3.63, 3.8) is 0 Å².